The fraction of sp³-hybridized carbons (Fsp3) is 0.368. The Kier molecular flexibility index (Phi) is 7.69. The second-order valence-corrected chi connectivity index (χ2v) is 6.63. The van der Waals surface area contributed by atoms with Crippen LogP contribution in [-0.4, -0.2) is 41.4 Å². The molecule has 25 heavy (non-hydrogen) atoms. The fourth-order valence-corrected chi connectivity index (χ4v) is 3.07. The molecule has 0 heterocycles. The zero-order chi connectivity index (χ0) is 18.2. The SMILES string of the molecule is CCCN(CCOc1c(Cl)cccc1Cl)CCc1ccc(O)c(O)c1. The van der Waals surface area contributed by atoms with Crippen LogP contribution in [0.2, 0.25) is 10.0 Å². The number of hydrogen-bond acceptors (Lipinski definition) is 4. The number of phenols is 2. The second kappa shape index (κ2) is 9.76. The van der Waals surface area contributed by atoms with Crippen LogP contribution < -0.4 is 4.74 Å². The predicted molar refractivity (Wildman–Crippen MR) is 102 cm³/mol. The number of benzene rings is 2. The van der Waals surface area contributed by atoms with E-state index in [0.717, 1.165) is 38.0 Å². The third kappa shape index (κ3) is 5.99. The first-order valence-electron chi connectivity index (χ1n) is 8.31. The van der Waals surface area contributed by atoms with E-state index in [4.69, 9.17) is 27.9 Å². The molecule has 2 aromatic carbocycles. The monoisotopic (exact) mass is 383 g/mol. The van der Waals surface area contributed by atoms with E-state index >= 15 is 0 Å². The van der Waals surface area contributed by atoms with Gasteiger partial charge in [0.15, 0.2) is 17.2 Å². The molecule has 136 valence electrons. The van der Waals surface area contributed by atoms with Crippen LogP contribution >= 0.6 is 23.2 Å². The van der Waals surface area contributed by atoms with Gasteiger partial charge in [-0.3, -0.25) is 4.90 Å². The summed E-state index contributed by atoms with van der Waals surface area (Å²) in [6.45, 7) is 5.15. The zero-order valence-corrected chi connectivity index (χ0v) is 15.7. The number of rotatable bonds is 9. The lowest BCUT2D eigenvalue weighted by molar-refractivity contribution is 0.210. The largest absolute Gasteiger partial charge is 0.504 e. The van der Waals surface area contributed by atoms with Gasteiger partial charge < -0.3 is 14.9 Å². The normalized spacial score (nSPS) is 11.0. The molecule has 0 aromatic heterocycles. The van der Waals surface area contributed by atoms with Crippen molar-refractivity contribution in [2.75, 3.05) is 26.2 Å². The van der Waals surface area contributed by atoms with Gasteiger partial charge in [0, 0.05) is 13.1 Å². The van der Waals surface area contributed by atoms with Crippen LogP contribution in [0, 0.1) is 0 Å². The summed E-state index contributed by atoms with van der Waals surface area (Å²) >= 11 is 12.2. The zero-order valence-electron chi connectivity index (χ0n) is 14.2. The van der Waals surface area contributed by atoms with Gasteiger partial charge in [0.2, 0.25) is 0 Å². The molecule has 2 N–H and O–H groups in total. The maximum Gasteiger partial charge on any atom is 0.157 e. The van der Waals surface area contributed by atoms with Crippen LogP contribution in [0.1, 0.15) is 18.9 Å². The van der Waals surface area contributed by atoms with Crippen LogP contribution in [0.4, 0.5) is 0 Å². The summed E-state index contributed by atoms with van der Waals surface area (Å²) in [6.07, 6.45) is 1.81. The number of halogens is 2. The summed E-state index contributed by atoms with van der Waals surface area (Å²) in [4.78, 5) is 2.29. The van der Waals surface area contributed by atoms with Crippen LogP contribution in [0.3, 0.4) is 0 Å². The standard InChI is InChI=1S/C19H23Cl2NO3/c1-2-9-22(10-8-14-6-7-17(23)18(24)13-14)11-12-25-19-15(20)4-3-5-16(19)21/h3-7,13,23-24H,2,8-12H2,1H3. The number of hydrogen-bond donors (Lipinski definition) is 2. The topological polar surface area (TPSA) is 52.9 Å². The molecule has 2 aromatic rings. The Bertz CT molecular complexity index is 674. The predicted octanol–water partition coefficient (Wildman–Crippen LogP) is 4.74. The third-order valence-electron chi connectivity index (χ3n) is 3.87. The Hall–Kier alpha value is -1.62. The summed E-state index contributed by atoms with van der Waals surface area (Å²) in [5.74, 6) is 0.334. The van der Waals surface area contributed by atoms with Crippen molar-refractivity contribution in [3.8, 4) is 17.2 Å². The molecule has 0 aliphatic heterocycles. The van der Waals surface area contributed by atoms with E-state index < -0.39 is 0 Å². The first-order valence-corrected chi connectivity index (χ1v) is 9.07. The maximum absolute atomic E-state index is 9.58. The van der Waals surface area contributed by atoms with Crippen molar-refractivity contribution in [3.05, 3.63) is 52.0 Å². The van der Waals surface area contributed by atoms with Crippen LogP contribution in [0.25, 0.3) is 0 Å². The van der Waals surface area contributed by atoms with Gasteiger partial charge >= 0.3 is 0 Å². The minimum Gasteiger partial charge on any atom is -0.504 e. The highest BCUT2D eigenvalue weighted by Crippen LogP contribution is 2.32. The van der Waals surface area contributed by atoms with Crippen LogP contribution in [0.15, 0.2) is 36.4 Å². The van der Waals surface area contributed by atoms with Crippen molar-refractivity contribution in [1.29, 1.82) is 0 Å². The van der Waals surface area contributed by atoms with Crippen molar-refractivity contribution in [2.24, 2.45) is 0 Å². The lowest BCUT2D eigenvalue weighted by atomic mass is 10.1. The van der Waals surface area contributed by atoms with Gasteiger partial charge in [0.05, 0.1) is 10.0 Å². The number of ether oxygens (including phenoxy) is 1. The van der Waals surface area contributed by atoms with Crippen molar-refractivity contribution < 1.29 is 14.9 Å². The number of aromatic hydroxyl groups is 2. The van der Waals surface area contributed by atoms with Gasteiger partial charge in [-0.2, -0.15) is 0 Å². The highest BCUT2D eigenvalue weighted by molar-refractivity contribution is 6.37. The Balaban J connectivity index is 1.86. The van der Waals surface area contributed by atoms with Gasteiger partial charge in [-0.1, -0.05) is 42.3 Å². The summed E-state index contributed by atoms with van der Waals surface area (Å²) < 4.78 is 5.75. The quantitative estimate of drug-likeness (QED) is 0.614. The minimum absolute atomic E-state index is 0.0868. The van der Waals surface area contributed by atoms with E-state index in [1.807, 2.05) is 6.07 Å². The average Bonchev–Trinajstić information content (AvgIpc) is 2.58. The maximum atomic E-state index is 9.58. The lowest BCUT2D eigenvalue weighted by Crippen LogP contribution is -2.31. The van der Waals surface area contributed by atoms with Gasteiger partial charge in [-0.05, 0) is 49.2 Å². The van der Waals surface area contributed by atoms with Crippen molar-refractivity contribution in [2.45, 2.75) is 19.8 Å². The van der Waals surface area contributed by atoms with E-state index in [-0.39, 0.29) is 11.5 Å². The van der Waals surface area contributed by atoms with E-state index in [9.17, 15) is 10.2 Å². The van der Waals surface area contributed by atoms with E-state index in [1.54, 1.807) is 24.3 Å². The molecule has 0 fully saturated rings. The molecule has 0 amide bonds. The van der Waals surface area contributed by atoms with E-state index in [2.05, 4.69) is 11.8 Å². The third-order valence-corrected chi connectivity index (χ3v) is 4.46. The molecule has 0 atom stereocenters. The molecule has 4 nitrogen and oxygen atoms in total. The van der Waals surface area contributed by atoms with E-state index in [1.165, 1.54) is 6.07 Å². The summed E-state index contributed by atoms with van der Waals surface area (Å²) in [5, 5.41) is 20.0. The molecule has 6 heteroatoms. The van der Waals surface area contributed by atoms with Gasteiger partial charge in [-0.25, -0.2) is 0 Å². The molecule has 0 radical (unpaired) electrons. The van der Waals surface area contributed by atoms with E-state index in [0.29, 0.717) is 22.4 Å². The molecule has 0 unspecified atom stereocenters. The highest BCUT2D eigenvalue weighted by atomic mass is 35.5. The summed E-state index contributed by atoms with van der Waals surface area (Å²) in [6, 6.07) is 10.2. The van der Waals surface area contributed by atoms with Crippen molar-refractivity contribution >= 4 is 23.2 Å². The van der Waals surface area contributed by atoms with Crippen molar-refractivity contribution in [1.82, 2.24) is 4.90 Å². The Morgan fingerprint density at radius 1 is 0.960 bits per heavy atom. The van der Waals surface area contributed by atoms with Crippen LogP contribution in [0.5, 0.6) is 17.2 Å². The number of para-hydroxylation sites is 1. The van der Waals surface area contributed by atoms with Gasteiger partial charge in [-0.15, -0.1) is 0 Å². The van der Waals surface area contributed by atoms with Crippen LogP contribution in [-0.2, 0) is 6.42 Å². The molecule has 0 spiro atoms. The van der Waals surface area contributed by atoms with Gasteiger partial charge in [0.1, 0.15) is 6.61 Å². The molecule has 0 saturated heterocycles. The Morgan fingerprint density at radius 2 is 1.68 bits per heavy atom. The Morgan fingerprint density at radius 3 is 2.32 bits per heavy atom. The first-order chi connectivity index (χ1) is 12.0. The summed E-state index contributed by atoms with van der Waals surface area (Å²) in [7, 11) is 0. The smallest absolute Gasteiger partial charge is 0.157 e. The highest BCUT2D eigenvalue weighted by Gasteiger charge is 2.09. The molecule has 0 aliphatic carbocycles. The Labute approximate surface area is 158 Å². The molecule has 0 aliphatic rings. The fourth-order valence-electron chi connectivity index (χ4n) is 2.56. The first kappa shape index (κ1) is 19.7. The molecular weight excluding hydrogens is 361 g/mol. The average molecular weight is 384 g/mol. The molecule has 0 saturated carbocycles. The minimum atomic E-state index is -0.0980. The number of phenolic OH excluding ortho intramolecular Hbond substituents is 2. The van der Waals surface area contributed by atoms with Crippen molar-refractivity contribution in [3.63, 3.8) is 0 Å². The molecular formula is C19H23Cl2NO3. The summed E-state index contributed by atoms with van der Waals surface area (Å²) in [5.41, 5.74) is 0.978. The molecule has 2 rings (SSSR count). The lowest BCUT2D eigenvalue weighted by Gasteiger charge is -2.22. The van der Waals surface area contributed by atoms with Gasteiger partial charge in [0.25, 0.3) is 0 Å². The molecule has 0 bridgehead atoms. The second-order valence-electron chi connectivity index (χ2n) is 5.81. The number of nitrogens with zero attached hydrogens (tertiary/aromatic N) is 1.